The average Bonchev–Trinajstić information content (AvgIpc) is 3.46. The summed E-state index contributed by atoms with van der Waals surface area (Å²) in [5.74, 6) is 0.430. The lowest BCUT2D eigenvalue weighted by molar-refractivity contribution is -0.120. The Bertz CT molecular complexity index is 906. The van der Waals surface area contributed by atoms with Crippen molar-refractivity contribution in [2.75, 3.05) is 6.61 Å². The predicted molar refractivity (Wildman–Crippen MR) is 113 cm³/mol. The van der Waals surface area contributed by atoms with E-state index in [0.717, 1.165) is 44.0 Å². The van der Waals surface area contributed by atoms with Gasteiger partial charge < -0.3 is 19.5 Å². The summed E-state index contributed by atoms with van der Waals surface area (Å²) in [5.41, 5.74) is 1.48. The molecule has 8 nitrogen and oxygen atoms in total. The number of nitrogens with one attached hydrogen (secondary N) is 1. The molecule has 30 heavy (non-hydrogen) atoms. The molecule has 164 valence electrons. The van der Waals surface area contributed by atoms with Crippen LogP contribution in [0.5, 0.6) is 11.9 Å². The minimum atomic E-state index is -0.0350. The van der Waals surface area contributed by atoms with Crippen LogP contribution in [0.4, 0.5) is 0 Å². The molecule has 0 saturated heterocycles. The number of fused-ring (bicyclic) bond motifs is 1. The van der Waals surface area contributed by atoms with E-state index in [9.17, 15) is 4.79 Å². The molecule has 2 aromatic heterocycles. The topological polar surface area (TPSA) is 87.5 Å². The molecular weight excluding hydrogens is 408 g/mol. The normalized spacial score (nSPS) is 22.7. The quantitative estimate of drug-likeness (QED) is 0.682. The van der Waals surface area contributed by atoms with E-state index in [1.165, 1.54) is 6.92 Å². The van der Waals surface area contributed by atoms with Crippen molar-refractivity contribution in [2.45, 2.75) is 76.7 Å². The summed E-state index contributed by atoms with van der Waals surface area (Å²) >= 11 is 6.54. The van der Waals surface area contributed by atoms with Gasteiger partial charge in [0.2, 0.25) is 11.8 Å². The Morgan fingerprint density at radius 3 is 2.50 bits per heavy atom. The van der Waals surface area contributed by atoms with Crippen LogP contribution in [0.3, 0.4) is 0 Å². The number of pyridine rings is 1. The van der Waals surface area contributed by atoms with Gasteiger partial charge in [-0.05, 0) is 45.4 Å². The summed E-state index contributed by atoms with van der Waals surface area (Å²) in [5, 5.41) is 3.32. The highest BCUT2D eigenvalue weighted by Gasteiger charge is 2.28. The highest BCUT2D eigenvalue weighted by molar-refractivity contribution is 6.36. The fourth-order valence-corrected chi connectivity index (χ4v) is 4.11. The second kappa shape index (κ2) is 8.98. The minimum absolute atomic E-state index is 0.0172. The van der Waals surface area contributed by atoms with E-state index >= 15 is 0 Å². The van der Waals surface area contributed by atoms with Crippen molar-refractivity contribution >= 4 is 28.5 Å². The number of aryl methyl sites for hydroxylation is 1. The third-order valence-corrected chi connectivity index (χ3v) is 5.85. The number of amides is 1. The Morgan fingerprint density at radius 2 is 1.83 bits per heavy atom. The van der Waals surface area contributed by atoms with Gasteiger partial charge in [-0.3, -0.25) is 9.36 Å². The maximum Gasteiger partial charge on any atom is 0.297 e. The monoisotopic (exact) mass is 436 g/mol. The van der Waals surface area contributed by atoms with Crippen molar-refractivity contribution in [3.63, 3.8) is 0 Å². The fraction of sp³-hybridized carbons (Fsp3) is 0.667. The van der Waals surface area contributed by atoms with E-state index in [0.29, 0.717) is 29.0 Å². The van der Waals surface area contributed by atoms with Crippen LogP contribution in [0, 0.1) is 0 Å². The maximum absolute atomic E-state index is 11.1. The Hall–Kier alpha value is -2.06. The smallest absolute Gasteiger partial charge is 0.297 e. The number of hydrogen-bond donors (Lipinski definition) is 1. The number of halogens is 1. The second-order valence-corrected chi connectivity index (χ2v) is 8.71. The number of imidazole rings is 1. The first kappa shape index (κ1) is 21.2. The molecule has 0 spiro atoms. The molecule has 0 aromatic carbocycles. The van der Waals surface area contributed by atoms with E-state index in [-0.39, 0.29) is 30.3 Å². The van der Waals surface area contributed by atoms with Crippen LogP contribution in [0.15, 0.2) is 6.20 Å². The largest absolute Gasteiger partial charge is 0.473 e. The molecule has 0 bridgehead atoms. The number of hydrogen-bond acceptors (Lipinski definition) is 6. The van der Waals surface area contributed by atoms with Gasteiger partial charge in [-0.1, -0.05) is 11.6 Å². The first-order chi connectivity index (χ1) is 14.4. The van der Waals surface area contributed by atoms with E-state index in [1.807, 2.05) is 18.5 Å². The zero-order chi connectivity index (χ0) is 21.3. The maximum atomic E-state index is 11.1. The van der Waals surface area contributed by atoms with Crippen LogP contribution in [-0.4, -0.2) is 51.4 Å². The van der Waals surface area contributed by atoms with E-state index < -0.39 is 0 Å². The van der Waals surface area contributed by atoms with Crippen molar-refractivity contribution in [3.8, 4) is 11.9 Å². The molecular formula is C21H29ClN4O4. The van der Waals surface area contributed by atoms with Gasteiger partial charge in [0.1, 0.15) is 22.7 Å². The molecule has 2 saturated carbocycles. The number of ether oxygens (including phenoxy) is 3. The zero-order valence-corrected chi connectivity index (χ0v) is 18.4. The third-order valence-electron chi connectivity index (χ3n) is 5.51. The Morgan fingerprint density at radius 1 is 1.20 bits per heavy atom. The number of nitrogens with zero attached hydrogens (tertiary/aromatic N) is 3. The fourth-order valence-electron chi connectivity index (χ4n) is 3.79. The zero-order valence-electron chi connectivity index (χ0n) is 17.7. The first-order valence-corrected chi connectivity index (χ1v) is 11.0. The van der Waals surface area contributed by atoms with Crippen LogP contribution in [-0.2, 0) is 16.6 Å². The molecule has 2 fully saturated rings. The lowest BCUT2D eigenvalue weighted by Gasteiger charge is -2.29. The Balaban J connectivity index is 1.33. The van der Waals surface area contributed by atoms with Gasteiger partial charge in [-0.15, -0.1) is 0 Å². The lowest BCUT2D eigenvalue weighted by Crippen LogP contribution is -2.37. The number of rotatable bonds is 8. The van der Waals surface area contributed by atoms with Gasteiger partial charge >= 0.3 is 0 Å². The van der Waals surface area contributed by atoms with Crippen LogP contribution >= 0.6 is 11.6 Å². The highest BCUT2D eigenvalue weighted by atomic mass is 35.5. The van der Waals surface area contributed by atoms with Crippen LogP contribution in [0.25, 0.3) is 11.0 Å². The van der Waals surface area contributed by atoms with Gasteiger partial charge in [-0.2, -0.15) is 4.98 Å². The molecule has 0 unspecified atom stereocenters. The van der Waals surface area contributed by atoms with Crippen LogP contribution in [0.2, 0.25) is 5.02 Å². The number of aromatic nitrogens is 3. The van der Waals surface area contributed by atoms with Crippen molar-refractivity contribution in [1.82, 2.24) is 19.9 Å². The van der Waals surface area contributed by atoms with Crippen LogP contribution < -0.4 is 14.8 Å². The van der Waals surface area contributed by atoms with Gasteiger partial charge in [0.05, 0.1) is 24.4 Å². The van der Waals surface area contributed by atoms with Crippen LogP contribution in [0.1, 0.15) is 52.4 Å². The lowest BCUT2D eigenvalue weighted by atomic mass is 9.95. The molecule has 2 aromatic rings. The van der Waals surface area contributed by atoms with Gasteiger partial charge in [0.25, 0.3) is 6.01 Å². The van der Waals surface area contributed by atoms with E-state index in [2.05, 4.69) is 15.3 Å². The second-order valence-electron chi connectivity index (χ2n) is 8.33. The summed E-state index contributed by atoms with van der Waals surface area (Å²) in [6, 6.07) is 0.560. The summed E-state index contributed by atoms with van der Waals surface area (Å²) < 4.78 is 19.8. The Kier molecular flexibility index (Phi) is 6.34. The van der Waals surface area contributed by atoms with Gasteiger partial charge in [0.15, 0.2) is 0 Å². The highest BCUT2D eigenvalue weighted by Crippen LogP contribution is 2.36. The van der Waals surface area contributed by atoms with Gasteiger partial charge in [-0.25, -0.2) is 4.98 Å². The molecule has 1 atom stereocenters. The summed E-state index contributed by atoms with van der Waals surface area (Å²) in [6.07, 6.45) is 7.93. The molecule has 1 N–H and O–H groups in total. The SMILES string of the molecule is CC(=O)N[C@@H](C)COC1CCC(Oc2nc3cnc(OC4CC4)c(Cl)c3n2C)CC1. The third kappa shape index (κ3) is 4.98. The molecule has 2 aliphatic rings. The number of carbonyl (C=O) groups is 1. The van der Waals surface area contributed by atoms with Crippen molar-refractivity contribution in [1.29, 1.82) is 0 Å². The Labute approximate surface area is 181 Å². The molecule has 2 aliphatic carbocycles. The molecule has 9 heteroatoms. The van der Waals surface area contributed by atoms with Crippen molar-refractivity contribution in [2.24, 2.45) is 7.05 Å². The van der Waals surface area contributed by atoms with Crippen molar-refractivity contribution in [3.05, 3.63) is 11.2 Å². The van der Waals surface area contributed by atoms with Crippen molar-refractivity contribution < 1.29 is 19.0 Å². The minimum Gasteiger partial charge on any atom is -0.473 e. The molecule has 0 aliphatic heterocycles. The standard InChI is InChI=1S/C21H29ClN4O4/c1-12(24-13(2)27)11-28-14-4-6-16(7-5-14)30-21-25-17-10-23-20(29-15-8-9-15)18(22)19(17)26(21)3/h10,12,14-16H,4-9,11H2,1-3H3,(H,24,27)/t12-,14?,16?/m0/s1. The summed E-state index contributed by atoms with van der Waals surface area (Å²) in [7, 11) is 1.90. The average molecular weight is 437 g/mol. The number of carbonyl (C=O) groups excluding carboxylic acids is 1. The van der Waals surface area contributed by atoms with E-state index in [1.54, 1.807) is 6.20 Å². The molecule has 0 radical (unpaired) electrons. The summed E-state index contributed by atoms with van der Waals surface area (Å²) in [4.78, 5) is 20.0. The summed E-state index contributed by atoms with van der Waals surface area (Å²) in [6.45, 7) is 3.99. The predicted octanol–water partition coefficient (Wildman–Crippen LogP) is 3.39. The molecule has 4 rings (SSSR count). The first-order valence-electron chi connectivity index (χ1n) is 10.6. The molecule has 1 amide bonds. The van der Waals surface area contributed by atoms with Gasteiger partial charge in [0, 0.05) is 20.0 Å². The molecule has 2 heterocycles. The van der Waals surface area contributed by atoms with E-state index in [4.69, 9.17) is 25.8 Å².